The Hall–Kier alpha value is -0.120. The molecule has 0 aromatic carbocycles. The van der Waals surface area contributed by atoms with Crippen molar-refractivity contribution in [2.24, 2.45) is 11.3 Å². The summed E-state index contributed by atoms with van der Waals surface area (Å²) in [5.74, 6) is 0.852. The van der Waals surface area contributed by atoms with Crippen LogP contribution in [0.25, 0.3) is 0 Å². The summed E-state index contributed by atoms with van der Waals surface area (Å²) in [6, 6.07) is 0.690. The minimum Gasteiger partial charge on any atom is -0.375 e. The summed E-state index contributed by atoms with van der Waals surface area (Å²) in [6.45, 7) is 15.7. The van der Waals surface area contributed by atoms with Crippen molar-refractivity contribution in [3.05, 3.63) is 0 Å². The largest absolute Gasteiger partial charge is 0.375 e. The van der Waals surface area contributed by atoms with Gasteiger partial charge in [-0.1, -0.05) is 13.8 Å². The molecular weight excluding hydrogens is 296 g/mol. The number of ether oxygens (including phenoxy) is 1. The first-order chi connectivity index (χ1) is 11.5. The smallest absolute Gasteiger partial charge is 0.0603 e. The summed E-state index contributed by atoms with van der Waals surface area (Å²) in [7, 11) is 0. The molecule has 3 fully saturated rings. The molecule has 0 atom stereocenters. The summed E-state index contributed by atoms with van der Waals surface area (Å²) in [4.78, 5) is 5.32. The molecule has 0 bridgehead atoms. The molecule has 2 saturated heterocycles. The molecule has 2 aliphatic heterocycles. The molecule has 3 heteroatoms. The van der Waals surface area contributed by atoms with Gasteiger partial charge in [0.25, 0.3) is 0 Å². The fourth-order valence-electron chi connectivity index (χ4n) is 4.95. The number of piperidine rings is 2. The monoisotopic (exact) mass is 336 g/mol. The van der Waals surface area contributed by atoms with Gasteiger partial charge in [0, 0.05) is 38.8 Å². The van der Waals surface area contributed by atoms with Crippen LogP contribution in [0.3, 0.4) is 0 Å². The van der Waals surface area contributed by atoms with Crippen LogP contribution in [-0.2, 0) is 4.74 Å². The molecule has 0 aromatic rings. The first-order valence-corrected chi connectivity index (χ1v) is 10.6. The lowest BCUT2D eigenvalue weighted by atomic mass is 9.93. The average molecular weight is 337 g/mol. The molecule has 2 heterocycles. The lowest BCUT2D eigenvalue weighted by Gasteiger charge is -2.39. The van der Waals surface area contributed by atoms with Gasteiger partial charge in [-0.15, -0.1) is 0 Å². The van der Waals surface area contributed by atoms with Gasteiger partial charge in [0.05, 0.1) is 12.2 Å². The third kappa shape index (κ3) is 5.19. The van der Waals surface area contributed by atoms with Gasteiger partial charge in [-0.2, -0.15) is 0 Å². The maximum absolute atomic E-state index is 6.47. The Morgan fingerprint density at radius 3 is 1.88 bits per heavy atom. The lowest BCUT2D eigenvalue weighted by Crippen LogP contribution is -2.44. The summed E-state index contributed by atoms with van der Waals surface area (Å²) < 4.78 is 6.47. The van der Waals surface area contributed by atoms with E-state index in [1.54, 1.807) is 0 Å². The van der Waals surface area contributed by atoms with Crippen molar-refractivity contribution in [2.75, 3.05) is 32.7 Å². The van der Waals surface area contributed by atoms with Crippen molar-refractivity contribution in [3.63, 3.8) is 0 Å². The van der Waals surface area contributed by atoms with E-state index < -0.39 is 0 Å². The Labute approximate surface area is 150 Å². The number of rotatable bonds is 7. The zero-order chi connectivity index (χ0) is 17.2. The highest BCUT2D eigenvalue weighted by Gasteiger charge is 2.44. The van der Waals surface area contributed by atoms with Crippen molar-refractivity contribution < 1.29 is 4.74 Å². The molecule has 1 saturated carbocycles. The minimum atomic E-state index is 0.521. The highest BCUT2D eigenvalue weighted by atomic mass is 16.5. The van der Waals surface area contributed by atoms with Crippen LogP contribution >= 0.6 is 0 Å². The van der Waals surface area contributed by atoms with E-state index in [9.17, 15) is 0 Å². The molecule has 0 spiro atoms. The van der Waals surface area contributed by atoms with Crippen LogP contribution < -0.4 is 0 Å². The van der Waals surface area contributed by atoms with Crippen LogP contribution in [0.2, 0.25) is 0 Å². The van der Waals surface area contributed by atoms with Gasteiger partial charge in [-0.05, 0) is 70.1 Å². The Balaban J connectivity index is 1.34. The van der Waals surface area contributed by atoms with Crippen molar-refractivity contribution in [3.8, 4) is 0 Å². The maximum atomic E-state index is 6.47. The highest BCUT2D eigenvalue weighted by Crippen LogP contribution is 2.51. The second kappa shape index (κ2) is 8.05. The van der Waals surface area contributed by atoms with Crippen LogP contribution in [0.15, 0.2) is 0 Å². The number of hydrogen-bond acceptors (Lipinski definition) is 3. The van der Waals surface area contributed by atoms with Gasteiger partial charge < -0.3 is 14.5 Å². The Bertz CT molecular complexity index is 375. The minimum absolute atomic E-state index is 0.521. The summed E-state index contributed by atoms with van der Waals surface area (Å²) >= 11 is 0. The predicted octanol–water partition coefficient (Wildman–Crippen LogP) is 4.17. The molecule has 0 N–H and O–H groups in total. The van der Waals surface area contributed by atoms with Gasteiger partial charge in [0.2, 0.25) is 0 Å². The van der Waals surface area contributed by atoms with E-state index in [4.69, 9.17) is 4.74 Å². The topological polar surface area (TPSA) is 15.7 Å². The van der Waals surface area contributed by atoms with Crippen LogP contribution in [0.5, 0.6) is 0 Å². The molecule has 3 nitrogen and oxygen atoms in total. The molecule has 3 aliphatic rings. The Morgan fingerprint density at radius 2 is 1.42 bits per heavy atom. The fourth-order valence-corrected chi connectivity index (χ4v) is 4.95. The van der Waals surface area contributed by atoms with Gasteiger partial charge in [0.1, 0.15) is 0 Å². The van der Waals surface area contributed by atoms with Gasteiger partial charge in [0.15, 0.2) is 0 Å². The molecule has 3 rings (SSSR count). The van der Waals surface area contributed by atoms with E-state index in [0.29, 0.717) is 23.7 Å². The predicted molar refractivity (Wildman–Crippen MR) is 101 cm³/mol. The fraction of sp³-hybridized carbons (Fsp3) is 1.00. The summed E-state index contributed by atoms with van der Waals surface area (Å²) in [5.41, 5.74) is 0.686. The molecule has 0 aromatic heterocycles. The third-order valence-corrected chi connectivity index (χ3v) is 6.48. The van der Waals surface area contributed by atoms with Gasteiger partial charge in [-0.25, -0.2) is 0 Å². The van der Waals surface area contributed by atoms with Crippen LogP contribution in [-0.4, -0.2) is 60.8 Å². The summed E-state index contributed by atoms with van der Waals surface area (Å²) in [5, 5.41) is 0. The van der Waals surface area contributed by atoms with Crippen molar-refractivity contribution >= 4 is 0 Å². The number of hydrogen-bond donors (Lipinski definition) is 0. The van der Waals surface area contributed by atoms with Crippen LogP contribution in [0.4, 0.5) is 0 Å². The van der Waals surface area contributed by atoms with Gasteiger partial charge >= 0.3 is 0 Å². The second-order valence-electron chi connectivity index (χ2n) is 9.54. The third-order valence-electron chi connectivity index (χ3n) is 6.48. The molecular formula is C21H40N2O. The molecule has 1 aliphatic carbocycles. The molecule has 24 heavy (non-hydrogen) atoms. The van der Waals surface area contributed by atoms with Crippen molar-refractivity contribution in [1.82, 2.24) is 9.80 Å². The van der Waals surface area contributed by atoms with E-state index in [-0.39, 0.29) is 0 Å². The zero-order valence-electron chi connectivity index (χ0n) is 16.6. The van der Waals surface area contributed by atoms with Crippen LogP contribution in [0.1, 0.15) is 72.6 Å². The van der Waals surface area contributed by atoms with E-state index in [2.05, 4.69) is 37.5 Å². The lowest BCUT2D eigenvalue weighted by molar-refractivity contribution is -0.0689. The normalized spacial score (nSPS) is 27.2. The highest BCUT2D eigenvalue weighted by molar-refractivity contribution is 4.96. The molecule has 0 unspecified atom stereocenters. The second-order valence-corrected chi connectivity index (χ2v) is 9.54. The first-order valence-electron chi connectivity index (χ1n) is 10.6. The molecule has 140 valence electrons. The summed E-state index contributed by atoms with van der Waals surface area (Å²) in [6.07, 6.45) is 10.4. The van der Waals surface area contributed by atoms with E-state index in [1.165, 1.54) is 77.7 Å². The first kappa shape index (κ1) is 18.7. The van der Waals surface area contributed by atoms with Gasteiger partial charge in [-0.3, -0.25) is 0 Å². The van der Waals surface area contributed by atoms with Crippen LogP contribution in [0, 0.1) is 11.3 Å². The average Bonchev–Trinajstić information content (AvgIpc) is 3.28. The molecule has 0 amide bonds. The SMILES string of the molecule is CC(C)CC1(CN2CCC(OC3CCN(C(C)C)CC3)CC2)CC1. The Kier molecular flexibility index (Phi) is 6.26. The number of likely N-dealkylation sites (tertiary alicyclic amines) is 2. The zero-order valence-corrected chi connectivity index (χ0v) is 16.6. The standard InChI is InChI=1S/C21H40N2O/c1-17(2)15-21(9-10-21)16-22-11-5-19(6-12-22)24-20-7-13-23(14-8-20)18(3)4/h17-20H,5-16H2,1-4H3. The van der Waals surface area contributed by atoms with E-state index >= 15 is 0 Å². The van der Waals surface area contributed by atoms with Crippen molar-refractivity contribution in [1.29, 1.82) is 0 Å². The van der Waals surface area contributed by atoms with Crippen molar-refractivity contribution in [2.45, 2.75) is 90.9 Å². The maximum Gasteiger partial charge on any atom is 0.0603 e. The molecule has 0 radical (unpaired) electrons. The van der Waals surface area contributed by atoms with E-state index in [0.717, 1.165) is 5.92 Å². The quantitative estimate of drug-likeness (QED) is 0.694. The van der Waals surface area contributed by atoms with E-state index in [1.807, 2.05) is 0 Å². The Morgan fingerprint density at radius 1 is 0.875 bits per heavy atom. The number of nitrogens with zero attached hydrogens (tertiary/aromatic N) is 2.